The largest absolute Gasteiger partial charge is 0.494 e. The van der Waals surface area contributed by atoms with Crippen LogP contribution in [0.5, 0.6) is 17.2 Å². The van der Waals surface area contributed by atoms with Crippen LogP contribution in [0.1, 0.15) is 31.9 Å². The Bertz CT molecular complexity index is 872. The average Bonchev–Trinajstić information content (AvgIpc) is 2.70. The molecule has 0 aliphatic rings. The van der Waals surface area contributed by atoms with Crippen LogP contribution in [0.25, 0.3) is 0 Å². The minimum Gasteiger partial charge on any atom is -0.494 e. The zero-order valence-electron chi connectivity index (χ0n) is 16.9. The summed E-state index contributed by atoms with van der Waals surface area (Å²) >= 11 is 0. The van der Waals surface area contributed by atoms with Crippen molar-refractivity contribution in [2.24, 2.45) is 0 Å². The molecule has 0 amide bonds. The van der Waals surface area contributed by atoms with Crippen LogP contribution in [0.2, 0.25) is 0 Å². The van der Waals surface area contributed by atoms with Gasteiger partial charge in [0.15, 0.2) is 0 Å². The summed E-state index contributed by atoms with van der Waals surface area (Å²) in [6.45, 7) is 8.15. The zero-order chi connectivity index (χ0) is 19.8. The first-order valence-electron chi connectivity index (χ1n) is 9.70. The van der Waals surface area contributed by atoms with Crippen molar-refractivity contribution in [2.45, 2.75) is 32.8 Å². The third kappa shape index (κ3) is 5.37. The van der Waals surface area contributed by atoms with Crippen LogP contribution in [-0.2, 0) is 16.8 Å². The number of hydrogen-bond donors (Lipinski definition) is 0. The Morgan fingerprint density at radius 2 is 1.50 bits per heavy atom. The van der Waals surface area contributed by atoms with E-state index in [1.165, 1.54) is 0 Å². The van der Waals surface area contributed by atoms with Gasteiger partial charge in [0, 0.05) is 11.0 Å². The van der Waals surface area contributed by atoms with Gasteiger partial charge in [0.25, 0.3) is 0 Å². The topological polar surface area (TPSA) is 27.7 Å². The van der Waals surface area contributed by atoms with Gasteiger partial charge in [-0.15, -0.1) is 0 Å². The van der Waals surface area contributed by atoms with Gasteiger partial charge in [-0.25, -0.2) is 0 Å². The summed E-state index contributed by atoms with van der Waals surface area (Å²) < 4.78 is 17.8. The van der Waals surface area contributed by atoms with Gasteiger partial charge in [0.1, 0.15) is 17.2 Å². The van der Waals surface area contributed by atoms with E-state index in [-0.39, 0.29) is 5.41 Å². The van der Waals surface area contributed by atoms with Crippen molar-refractivity contribution in [2.75, 3.05) is 13.2 Å². The van der Waals surface area contributed by atoms with Crippen LogP contribution < -0.4 is 9.47 Å². The number of hydrogen-bond acceptors (Lipinski definition) is 3. The van der Waals surface area contributed by atoms with Gasteiger partial charge in [0.05, 0.1) is 19.8 Å². The second kappa shape index (κ2) is 9.43. The lowest BCUT2D eigenvalue weighted by Crippen LogP contribution is -2.25. The van der Waals surface area contributed by atoms with Gasteiger partial charge >= 0.3 is 0 Å². The fourth-order valence-corrected chi connectivity index (χ4v) is 3.13. The summed E-state index contributed by atoms with van der Waals surface area (Å²) in [5.41, 5.74) is 2.10. The number of benzene rings is 3. The quantitative estimate of drug-likeness (QED) is 0.434. The second-order valence-electron chi connectivity index (χ2n) is 7.37. The van der Waals surface area contributed by atoms with Crippen molar-refractivity contribution in [1.29, 1.82) is 0 Å². The maximum absolute atomic E-state index is 6.07. The predicted molar refractivity (Wildman–Crippen MR) is 113 cm³/mol. The molecule has 0 spiro atoms. The molecular weight excluding hydrogens is 348 g/mol. The van der Waals surface area contributed by atoms with E-state index in [9.17, 15) is 0 Å². The Labute approximate surface area is 167 Å². The van der Waals surface area contributed by atoms with E-state index >= 15 is 0 Å². The summed E-state index contributed by atoms with van der Waals surface area (Å²) in [6.07, 6.45) is 0. The van der Waals surface area contributed by atoms with Crippen LogP contribution in [0.3, 0.4) is 0 Å². The molecule has 0 aliphatic carbocycles. The van der Waals surface area contributed by atoms with Crippen molar-refractivity contribution >= 4 is 0 Å². The van der Waals surface area contributed by atoms with Crippen LogP contribution in [0, 0.1) is 0 Å². The highest BCUT2D eigenvalue weighted by atomic mass is 16.5. The minimum absolute atomic E-state index is 0.149. The molecule has 3 aromatic rings. The normalized spacial score (nSPS) is 11.2. The summed E-state index contributed by atoms with van der Waals surface area (Å²) in [5.74, 6) is 2.57. The molecule has 3 aromatic carbocycles. The highest BCUT2D eigenvalue weighted by Gasteiger charge is 2.24. The van der Waals surface area contributed by atoms with Gasteiger partial charge < -0.3 is 14.2 Å². The molecule has 0 saturated heterocycles. The van der Waals surface area contributed by atoms with Crippen LogP contribution in [-0.4, -0.2) is 13.2 Å². The monoisotopic (exact) mass is 376 g/mol. The van der Waals surface area contributed by atoms with Gasteiger partial charge in [-0.1, -0.05) is 62.4 Å². The van der Waals surface area contributed by atoms with E-state index < -0.39 is 0 Å². The zero-order valence-corrected chi connectivity index (χ0v) is 16.9. The predicted octanol–water partition coefficient (Wildman–Crippen LogP) is 6.37. The van der Waals surface area contributed by atoms with Gasteiger partial charge in [-0.2, -0.15) is 0 Å². The minimum atomic E-state index is -0.149. The highest BCUT2D eigenvalue weighted by molar-refractivity contribution is 5.39. The molecule has 3 nitrogen and oxygen atoms in total. The van der Waals surface area contributed by atoms with Crippen LogP contribution in [0.4, 0.5) is 0 Å². The van der Waals surface area contributed by atoms with Crippen molar-refractivity contribution in [1.82, 2.24) is 0 Å². The lowest BCUT2D eigenvalue weighted by Gasteiger charge is -2.27. The van der Waals surface area contributed by atoms with Crippen molar-refractivity contribution in [3.63, 3.8) is 0 Å². The first-order valence-corrected chi connectivity index (χ1v) is 9.70. The number of ether oxygens (including phenoxy) is 3. The Morgan fingerprint density at radius 3 is 2.29 bits per heavy atom. The first kappa shape index (κ1) is 20.0. The molecular formula is C25H28O3. The molecule has 0 aliphatic heterocycles. The molecule has 0 N–H and O–H groups in total. The summed E-state index contributed by atoms with van der Waals surface area (Å²) in [5, 5.41) is 0. The molecule has 0 saturated carbocycles. The first-order chi connectivity index (χ1) is 13.6. The van der Waals surface area contributed by atoms with E-state index in [0.717, 1.165) is 28.4 Å². The molecule has 0 atom stereocenters. The maximum Gasteiger partial charge on any atom is 0.127 e. The molecule has 0 fully saturated rings. The fourth-order valence-electron chi connectivity index (χ4n) is 3.13. The third-order valence-electron chi connectivity index (χ3n) is 4.53. The average molecular weight is 376 g/mol. The molecule has 0 heterocycles. The Balaban J connectivity index is 1.61. The lowest BCUT2D eigenvalue weighted by atomic mass is 9.85. The highest BCUT2D eigenvalue weighted by Crippen LogP contribution is 2.32. The lowest BCUT2D eigenvalue weighted by molar-refractivity contribution is 0.0813. The van der Waals surface area contributed by atoms with Gasteiger partial charge in [-0.3, -0.25) is 0 Å². The molecule has 0 bridgehead atoms. The van der Waals surface area contributed by atoms with Crippen LogP contribution in [0.15, 0.2) is 78.9 Å². The molecule has 28 heavy (non-hydrogen) atoms. The van der Waals surface area contributed by atoms with E-state index in [2.05, 4.69) is 26.0 Å². The molecule has 0 aromatic heterocycles. The maximum atomic E-state index is 6.07. The van der Waals surface area contributed by atoms with E-state index in [4.69, 9.17) is 14.2 Å². The summed E-state index contributed by atoms with van der Waals surface area (Å²) in [4.78, 5) is 0. The SMILES string of the molecule is CCOc1ccccc1C(C)(C)COCc1cccc(Oc2ccccc2)c1. The van der Waals surface area contributed by atoms with Crippen molar-refractivity contribution in [3.8, 4) is 17.2 Å². The van der Waals surface area contributed by atoms with Crippen molar-refractivity contribution in [3.05, 3.63) is 90.0 Å². The van der Waals surface area contributed by atoms with E-state index in [1.807, 2.05) is 73.7 Å². The molecule has 0 radical (unpaired) electrons. The third-order valence-corrected chi connectivity index (χ3v) is 4.53. The number of rotatable bonds is 9. The fraction of sp³-hybridized carbons (Fsp3) is 0.280. The Hall–Kier alpha value is -2.78. The van der Waals surface area contributed by atoms with E-state index in [1.54, 1.807) is 0 Å². The Kier molecular flexibility index (Phi) is 6.72. The smallest absolute Gasteiger partial charge is 0.127 e. The van der Waals surface area contributed by atoms with Gasteiger partial charge in [-0.05, 0) is 42.8 Å². The number of para-hydroxylation sites is 2. The summed E-state index contributed by atoms with van der Waals surface area (Å²) in [6, 6.07) is 26.0. The van der Waals surface area contributed by atoms with Crippen LogP contribution >= 0.6 is 0 Å². The standard InChI is InChI=1S/C25H28O3/c1-4-27-24-16-9-8-15-23(24)25(2,3)19-26-18-20-11-10-14-22(17-20)28-21-12-6-5-7-13-21/h5-17H,4,18-19H2,1-3H3. The van der Waals surface area contributed by atoms with Gasteiger partial charge in [0.2, 0.25) is 0 Å². The molecule has 3 heteroatoms. The Morgan fingerprint density at radius 1 is 0.786 bits per heavy atom. The molecule has 3 rings (SSSR count). The molecule has 146 valence electrons. The summed E-state index contributed by atoms with van der Waals surface area (Å²) in [7, 11) is 0. The molecule has 0 unspecified atom stereocenters. The second-order valence-corrected chi connectivity index (χ2v) is 7.37. The van der Waals surface area contributed by atoms with Crippen molar-refractivity contribution < 1.29 is 14.2 Å². The van der Waals surface area contributed by atoms with E-state index in [0.29, 0.717) is 19.8 Å².